The Balaban J connectivity index is 0.00000117. The highest BCUT2D eigenvalue weighted by Gasteiger charge is 2.49. The third-order valence-corrected chi connectivity index (χ3v) is 4.97. The van der Waals surface area contributed by atoms with E-state index in [2.05, 4.69) is 14.9 Å². The minimum Gasteiger partial charge on any atom is -0.476 e. The summed E-state index contributed by atoms with van der Waals surface area (Å²) in [7, 11) is 0. The van der Waals surface area contributed by atoms with Crippen LogP contribution in [0.3, 0.4) is 0 Å². The normalized spacial score (nSPS) is 25.5. The third-order valence-electron chi connectivity index (χ3n) is 4.97. The van der Waals surface area contributed by atoms with Crippen molar-refractivity contribution in [3.63, 3.8) is 0 Å². The van der Waals surface area contributed by atoms with Crippen LogP contribution in [0.15, 0.2) is 12.4 Å². The number of aromatic nitrogens is 2. The summed E-state index contributed by atoms with van der Waals surface area (Å²) in [5, 5.41) is 0. The lowest BCUT2D eigenvalue weighted by Crippen LogP contribution is -2.47. The standard InChI is InChI=1S/C16H22F3N3O2.C2H6/c1-2-23-10-15-5-3-7-22(15)12(4-6-15)9-24-14-8-13(16(17,18)19)20-11-21-14;1-2/h8,11-12H,2-7,9-10H2,1H3;1-2H3. The molecule has 148 valence electrons. The molecule has 2 unspecified atom stereocenters. The second-order valence-corrected chi connectivity index (χ2v) is 6.40. The van der Waals surface area contributed by atoms with Gasteiger partial charge in [0.2, 0.25) is 5.88 Å². The minimum absolute atomic E-state index is 0.0289. The summed E-state index contributed by atoms with van der Waals surface area (Å²) < 4.78 is 49.3. The number of hydrogen-bond donors (Lipinski definition) is 0. The minimum atomic E-state index is -4.49. The summed E-state index contributed by atoms with van der Waals surface area (Å²) >= 11 is 0. The quantitative estimate of drug-likeness (QED) is 0.754. The van der Waals surface area contributed by atoms with E-state index in [1.165, 1.54) is 0 Å². The second-order valence-electron chi connectivity index (χ2n) is 6.40. The predicted octanol–water partition coefficient (Wildman–Crippen LogP) is 3.93. The van der Waals surface area contributed by atoms with E-state index in [0.717, 1.165) is 44.6 Å². The molecule has 0 bridgehead atoms. The highest BCUT2D eigenvalue weighted by molar-refractivity contribution is 5.16. The molecule has 3 heterocycles. The van der Waals surface area contributed by atoms with E-state index >= 15 is 0 Å². The summed E-state index contributed by atoms with van der Waals surface area (Å²) in [6.07, 6.45) is 0.630. The highest BCUT2D eigenvalue weighted by Crippen LogP contribution is 2.42. The maximum absolute atomic E-state index is 12.7. The van der Waals surface area contributed by atoms with E-state index in [9.17, 15) is 13.2 Å². The van der Waals surface area contributed by atoms with Crippen molar-refractivity contribution in [2.45, 2.75) is 64.2 Å². The van der Waals surface area contributed by atoms with Crippen molar-refractivity contribution >= 4 is 0 Å². The zero-order valence-corrected chi connectivity index (χ0v) is 15.7. The Labute approximate surface area is 152 Å². The number of halogens is 3. The zero-order chi connectivity index (χ0) is 19.2. The first-order valence-corrected chi connectivity index (χ1v) is 9.31. The molecule has 2 atom stereocenters. The summed E-state index contributed by atoms with van der Waals surface area (Å²) in [6.45, 7) is 8.71. The third kappa shape index (κ3) is 4.65. The number of nitrogens with zero attached hydrogens (tertiary/aromatic N) is 3. The Bertz CT molecular complexity index is 571. The zero-order valence-electron chi connectivity index (χ0n) is 15.7. The molecule has 1 aromatic heterocycles. The molecular formula is C18H28F3N3O2. The maximum atomic E-state index is 12.7. The van der Waals surface area contributed by atoms with Crippen molar-refractivity contribution in [2.75, 3.05) is 26.4 Å². The van der Waals surface area contributed by atoms with E-state index in [4.69, 9.17) is 9.47 Å². The average Bonchev–Trinajstić information content (AvgIpc) is 3.19. The Morgan fingerprint density at radius 2 is 2.04 bits per heavy atom. The first kappa shape index (κ1) is 20.9. The fourth-order valence-corrected chi connectivity index (χ4v) is 3.84. The summed E-state index contributed by atoms with van der Waals surface area (Å²) in [4.78, 5) is 9.45. The monoisotopic (exact) mass is 375 g/mol. The topological polar surface area (TPSA) is 47.5 Å². The van der Waals surface area contributed by atoms with Gasteiger partial charge in [-0.05, 0) is 39.2 Å². The van der Waals surface area contributed by atoms with Crippen LogP contribution in [0, 0.1) is 0 Å². The van der Waals surface area contributed by atoms with Crippen LogP contribution in [0.2, 0.25) is 0 Å². The van der Waals surface area contributed by atoms with Gasteiger partial charge in [0.1, 0.15) is 12.9 Å². The molecule has 5 nitrogen and oxygen atoms in total. The number of ether oxygens (including phenoxy) is 2. The smallest absolute Gasteiger partial charge is 0.433 e. The molecule has 0 N–H and O–H groups in total. The molecule has 2 fully saturated rings. The van der Waals surface area contributed by atoms with Gasteiger partial charge in [0.25, 0.3) is 0 Å². The van der Waals surface area contributed by atoms with Gasteiger partial charge in [-0.25, -0.2) is 9.97 Å². The number of alkyl halides is 3. The Kier molecular flexibility index (Phi) is 7.23. The molecule has 8 heteroatoms. The van der Waals surface area contributed by atoms with Crippen LogP contribution in [0.25, 0.3) is 0 Å². The van der Waals surface area contributed by atoms with Crippen LogP contribution < -0.4 is 4.74 Å². The van der Waals surface area contributed by atoms with Gasteiger partial charge in [-0.2, -0.15) is 13.2 Å². The van der Waals surface area contributed by atoms with E-state index in [-0.39, 0.29) is 17.5 Å². The number of hydrogen-bond acceptors (Lipinski definition) is 5. The summed E-state index contributed by atoms with van der Waals surface area (Å²) in [6, 6.07) is 1.05. The van der Waals surface area contributed by atoms with Crippen LogP contribution >= 0.6 is 0 Å². The number of fused-ring (bicyclic) bond motifs is 1. The van der Waals surface area contributed by atoms with Crippen LogP contribution in [-0.4, -0.2) is 52.8 Å². The lowest BCUT2D eigenvalue weighted by Gasteiger charge is -2.34. The van der Waals surface area contributed by atoms with Crippen LogP contribution in [0.4, 0.5) is 13.2 Å². The fraction of sp³-hybridized carbons (Fsp3) is 0.778. The molecule has 2 aliphatic heterocycles. The molecule has 0 aromatic carbocycles. The maximum Gasteiger partial charge on any atom is 0.433 e. The van der Waals surface area contributed by atoms with Gasteiger partial charge in [0.15, 0.2) is 5.69 Å². The second kappa shape index (κ2) is 8.99. The van der Waals surface area contributed by atoms with Gasteiger partial charge in [0, 0.05) is 24.3 Å². The van der Waals surface area contributed by atoms with Crippen molar-refractivity contribution < 1.29 is 22.6 Å². The van der Waals surface area contributed by atoms with Crippen LogP contribution in [0.1, 0.15) is 52.1 Å². The molecule has 0 radical (unpaired) electrons. The van der Waals surface area contributed by atoms with Crippen molar-refractivity contribution in [1.82, 2.24) is 14.9 Å². The molecule has 26 heavy (non-hydrogen) atoms. The van der Waals surface area contributed by atoms with E-state index in [1.807, 2.05) is 20.8 Å². The van der Waals surface area contributed by atoms with E-state index in [1.54, 1.807) is 0 Å². The Morgan fingerprint density at radius 3 is 2.73 bits per heavy atom. The lowest BCUT2D eigenvalue weighted by atomic mass is 9.95. The molecule has 0 spiro atoms. The van der Waals surface area contributed by atoms with Gasteiger partial charge in [-0.15, -0.1) is 0 Å². The SMILES string of the molecule is CC.CCOCC12CCCN1C(COc1cc(C(F)(F)F)ncn1)CC2. The average molecular weight is 375 g/mol. The first-order chi connectivity index (χ1) is 12.4. The fourth-order valence-electron chi connectivity index (χ4n) is 3.84. The molecule has 0 amide bonds. The Hall–Kier alpha value is -1.41. The van der Waals surface area contributed by atoms with E-state index in [0.29, 0.717) is 19.8 Å². The van der Waals surface area contributed by atoms with E-state index < -0.39 is 11.9 Å². The Morgan fingerprint density at radius 1 is 1.27 bits per heavy atom. The van der Waals surface area contributed by atoms with Gasteiger partial charge in [-0.3, -0.25) is 4.90 Å². The summed E-state index contributed by atoms with van der Waals surface area (Å²) in [5.41, 5.74) is -0.905. The molecule has 2 aliphatic rings. The predicted molar refractivity (Wildman–Crippen MR) is 92.1 cm³/mol. The largest absolute Gasteiger partial charge is 0.476 e. The molecule has 2 saturated heterocycles. The van der Waals surface area contributed by atoms with Gasteiger partial charge < -0.3 is 9.47 Å². The molecule has 1 aromatic rings. The van der Waals surface area contributed by atoms with Gasteiger partial charge >= 0.3 is 6.18 Å². The van der Waals surface area contributed by atoms with Gasteiger partial charge in [-0.1, -0.05) is 13.8 Å². The number of rotatable bonds is 6. The van der Waals surface area contributed by atoms with Crippen LogP contribution in [0.5, 0.6) is 5.88 Å². The van der Waals surface area contributed by atoms with Crippen molar-refractivity contribution in [2.24, 2.45) is 0 Å². The van der Waals surface area contributed by atoms with Crippen molar-refractivity contribution in [1.29, 1.82) is 0 Å². The molecule has 0 aliphatic carbocycles. The van der Waals surface area contributed by atoms with Crippen molar-refractivity contribution in [3.05, 3.63) is 18.1 Å². The highest BCUT2D eigenvalue weighted by atomic mass is 19.4. The first-order valence-electron chi connectivity index (χ1n) is 9.31. The molecule has 3 rings (SSSR count). The molecule has 0 saturated carbocycles. The molecular weight excluding hydrogens is 347 g/mol. The van der Waals surface area contributed by atoms with Crippen molar-refractivity contribution in [3.8, 4) is 5.88 Å². The van der Waals surface area contributed by atoms with Crippen LogP contribution in [-0.2, 0) is 10.9 Å². The van der Waals surface area contributed by atoms with Gasteiger partial charge in [0.05, 0.1) is 6.61 Å². The summed E-state index contributed by atoms with van der Waals surface area (Å²) in [5.74, 6) is -0.0289. The lowest BCUT2D eigenvalue weighted by molar-refractivity contribution is -0.141.